The maximum Gasteiger partial charge on any atom is 0.242 e. The number of carbonyl (C=O) groups is 1. The third-order valence-corrected chi connectivity index (χ3v) is 4.56. The van der Waals surface area contributed by atoms with Gasteiger partial charge in [0.15, 0.2) is 0 Å². The highest BCUT2D eigenvalue weighted by molar-refractivity contribution is 5.86. The van der Waals surface area contributed by atoms with E-state index in [4.69, 9.17) is 5.73 Å². The lowest BCUT2D eigenvalue weighted by molar-refractivity contribution is -0.139. The smallest absolute Gasteiger partial charge is 0.242 e. The summed E-state index contributed by atoms with van der Waals surface area (Å²) in [6.45, 7) is 4.65. The number of aryl methyl sites for hydroxylation is 1. The molecule has 0 radical (unpaired) electrons. The summed E-state index contributed by atoms with van der Waals surface area (Å²) in [7, 11) is 2.05. The molecule has 0 saturated carbocycles. The number of carbonyl (C=O) groups excluding carboxylic acids is 1. The second kappa shape index (κ2) is 6.00. The topological polar surface area (TPSA) is 51.3 Å². The van der Waals surface area contributed by atoms with Crippen LogP contribution in [0.3, 0.4) is 0 Å². The molecule has 1 saturated heterocycles. The summed E-state index contributed by atoms with van der Waals surface area (Å²) in [6.07, 6.45) is 7.19. The number of likely N-dealkylation sites (tertiary alicyclic amines) is 1. The van der Waals surface area contributed by atoms with Crippen molar-refractivity contribution in [3.63, 3.8) is 0 Å². The van der Waals surface area contributed by atoms with Crippen LogP contribution in [0.1, 0.15) is 57.7 Å². The van der Waals surface area contributed by atoms with E-state index in [-0.39, 0.29) is 11.9 Å². The van der Waals surface area contributed by atoms with Crippen LogP contribution in [0.4, 0.5) is 0 Å². The molecule has 4 heteroatoms. The molecule has 1 amide bonds. The monoisotopic (exact) mass is 277 g/mol. The van der Waals surface area contributed by atoms with Gasteiger partial charge in [-0.15, -0.1) is 0 Å². The van der Waals surface area contributed by atoms with Gasteiger partial charge in [0.05, 0.1) is 11.6 Å². The Morgan fingerprint density at radius 1 is 1.45 bits per heavy atom. The van der Waals surface area contributed by atoms with Crippen molar-refractivity contribution < 1.29 is 4.79 Å². The van der Waals surface area contributed by atoms with E-state index in [2.05, 4.69) is 10.6 Å². The Labute approximate surface area is 121 Å². The van der Waals surface area contributed by atoms with E-state index >= 15 is 0 Å². The Hall–Kier alpha value is -1.29. The summed E-state index contributed by atoms with van der Waals surface area (Å²) in [6, 6.07) is 4.33. The zero-order valence-electron chi connectivity index (χ0n) is 12.9. The molecule has 2 unspecified atom stereocenters. The van der Waals surface area contributed by atoms with Gasteiger partial charge in [0.1, 0.15) is 0 Å². The van der Waals surface area contributed by atoms with Gasteiger partial charge in [0.25, 0.3) is 0 Å². The van der Waals surface area contributed by atoms with Crippen molar-refractivity contribution in [3.8, 4) is 0 Å². The molecule has 112 valence electrons. The van der Waals surface area contributed by atoms with Gasteiger partial charge >= 0.3 is 0 Å². The second-order valence-corrected chi connectivity index (χ2v) is 6.18. The third kappa shape index (κ3) is 2.90. The van der Waals surface area contributed by atoms with Gasteiger partial charge in [-0.3, -0.25) is 4.79 Å². The summed E-state index contributed by atoms with van der Waals surface area (Å²) in [4.78, 5) is 14.8. The minimum atomic E-state index is -0.756. The average Bonchev–Trinajstić information content (AvgIpc) is 2.72. The van der Waals surface area contributed by atoms with E-state index < -0.39 is 5.54 Å². The molecular formula is C16H27N3O. The summed E-state index contributed by atoms with van der Waals surface area (Å²) in [5, 5.41) is 0. The molecule has 1 aliphatic heterocycles. The predicted molar refractivity (Wildman–Crippen MR) is 81.2 cm³/mol. The Morgan fingerprint density at radius 2 is 2.20 bits per heavy atom. The number of nitrogens with zero attached hydrogens (tertiary/aromatic N) is 2. The molecule has 0 aromatic carbocycles. The van der Waals surface area contributed by atoms with Gasteiger partial charge in [0, 0.05) is 25.5 Å². The van der Waals surface area contributed by atoms with Gasteiger partial charge in [-0.2, -0.15) is 0 Å². The Bertz CT molecular complexity index is 464. The van der Waals surface area contributed by atoms with E-state index in [9.17, 15) is 4.79 Å². The molecule has 0 spiro atoms. The molecule has 4 nitrogen and oxygen atoms in total. The zero-order valence-corrected chi connectivity index (χ0v) is 12.9. The fourth-order valence-corrected chi connectivity index (χ4v) is 2.96. The third-order valence-electron chi connectivity index (χ3n) is 4.56. The van der Waals surface area contributed by atoms with Crippen molar-refractivity contribution in [3.05, 3.63) is 24.0 Å². The molecule has 1 aromatic rings. The Balaban J connectivity index is 2.31. The SMILES string of the molecule is CCC(C)(N)C(=O)N1CCCCCC1c1cccn1C. The number of aromatic nitrogens is 1. The van der Waals surface area contributed by atoms with Crippen LogP contribution in [0, 0.1) is 0 Å². The van der Waals surface area contributed by atoms with Gasteiger partial charge in [0.2, 0.25) is 5.91 Å². The lowest BCUT2D eigenvalue weighted by atomic mass is 9.96. The van der Waals surface area contributed by atoms with Crippen LogP contribution in [0.25, 0.3) is 0 Å². The predicted octanol–water partition coefficient (Wildman–Crippen LogP) is 2.60. The van der Waals surface area contributed by atoms with Crippen molar-refractivity contribution in [2.24, 2.45) is 12.8 Å². The molecule has 1 fully saturated rings. The van der Waals surface area contributed by atoms with Gasteiger partial charge in [-0.25, -0.2) is 0 Å². The zero-order chi connectivity index (χ0) is 14.8. The van der Waals surface area contributed by atoms with Crippen LogP contribution in [-0.2, 0) is 11.8 Å². The molecule has 2 N–H and O–H groups in total. The maximum atomic E-state index is 12.8. The molecule has 0 bridgehead atoms. The van der Waals surface area contributed by atoms with Gasteiger partial charge < -0.3 is 15.2 Å². The van der Waals surface area contributed by atoms with Gasteiger partial charge in [-0.1, -0.05) is 19.8 Å². The van der Waals surface area contributed by atoms with E-state index in [0.29, 0.717) is 6.42 Å². The molecule has 20 heavy (non-hydrogen) atoms. The molecule has 0 aliphatic carbocycles. The van der Waals surface area contributed by atoms with Crippen LogP contribution in [0.5, 0.6) is 0 Å². The highest BCUT2D eigenvalue weighted by atomic mass is 16.2. The number of hydrogen-bond donors (Lipinski definition) is 1. The first-order valence-corrected chi connectivity index (χ1v) is 7.68. The highest BCUT2D eigenvalue weighted by Gasteiger charge is 2.36. The number of hydrogen-bond acceptors (Lipinski definition) is 2. The van der Waals surface area contributed by atoms with Gasteiger partial charge in [-0.05, 0) is 38.3 Å². The summed E-state index contributed by atoms with van der Waals surface area (Å²) in [5.41, 5.74) is 6.66. The van der Waals surface area contributed by atoms with Crippen LogP contribution < -0.4 is 5.73 Å². The fourth-order valence-electron chi connectivity index (χ4n) is 2.96. The normalized spacial score (nSPS) is 23.2. The molecule has 1 aliphatic rings. The first-order chi connectivity index (χ1) is 9.47. The standard InChI is InChI=1S/C16H27N3O/c1-4-16(2,17)15(20)19-12-7-5-6-9-14(19)13-10-8-11-18(13)3/h8,10-11,14H,4-7,9,12,17H2,1-3H3. The first kappa shape index (κ1) is 15.1. The number of nitrogens with two attached hydrogens (primary N) is 1. The quantitative estimate of drug-likeness (QED) is 0.923. The minimum Gasteiger partial charge on any atom is -0.353 e. The average molecular weight is 277 g/mol. The van der Waals surface area contributed by atoms with E-state index in [1.807, 2.05) is 38.1 Å². The van der Waals surface area contributed by atoms with Crippen molar-refractivity contribution in [1.29, 1.82) is 0 Å². The summed E-state index contributed by atoms with van der Waals surface area (Å²) >= 11 is 0. The van der Waals surface area contributed by atoms with Crippen LogP contribution >= 0.6 is 0 Å². The van der Waals surface area contributed by atoms with Crippen molar-refractivity contribution >= 4 is 5.91 Å². The Kier molecular flexibility index (Phi) is 4.53. The highest BCUT2D eigenvalue weighted by Crippen LogP contribution is 2.32. The van der Waals surface area contributed by atoms with E-state index in [1.54, 1.807) is 0 Å². The lowest BCUT2D eigenvalue weighted by Gasteiger charge is -2.36. The summed E-state index contributed by atoms with van der Waals surface area (Å²) in [5.74, 6) is 0.0908. The van der Waals surface area contributed by atoms with Crippen LogP contribution in [0.2, 0.25) is 0 Å². The van der Waals surface area contributed by atoms with Crippen molar-refractivity contribution in [1.82, 2.24) is 9.47 Å². The first-order valence-electron chi connectivity index (χ1n) is 7.68. The largest absolute Gasteiger partial charge is 0.353 e. The van der Waals surface area contributed by atoms with Crippen LogP contribution in [-0.4, -0.2) is 27.5 Å². The number of amides is 1. The van der Waals surface area contributed by atoms with Crippen molar-refractivity contribution in [2.75, 3.05) is 6.54 Å². The lowest BCUT2D eigenvalue weighted by Crippen LogP contribution is -2.53. The van der Waals surface area contributed by atoms with Crippen molar-refractivity contribution in [2.45, 2.75) is 57.5 Å². The molecular weight excluding hydrogens is 250 g/mol. The number of rotatable bonds is 3. The molecule has 2 heterocycles. The van der Waals surface area contributed by atoms with Crippen LogP contribution in [0.15, 0.2) is 18.3 Å². The summed E-state index contributed by atoms with van der Waals surface area (Å²) < 4.78 is 2.12. The molecule has 2 rings (SSSR count). The Morgan fingerprint density at radius 3 is 2.80 bits per heavy atom. The maximum absolute atomic E-state index is 12.8. The molecule has 2 atom stereocenters. The minimum absolute atomic E-state index is 0.0908. The molecule has 1 aromatic heterocycles. The second-order valence-electron chi connectivity index (χ2n) is 6.18. The van der Waals surface area contributed by atoms with E-state index in [1.165, 1.54) is 18.5 Å². The fraction of sp³-hybridized carbons (Fsp3) is 0.688. The van der Waals surface area contributed by atoms with E-state index in [0.717, 1.165) is 19.4 Å².